The number of piperidine rings is 1. The summed E-state index contributed by atoms with van der Waals surface area (Å²) in [5.41, 5.74) is 2.31. The zero-order chi connectivity index (χ0) is 14.7. The number of likely N-dealkylation sites (tertiary alicyclic amines) is 1. The van der Waals surface area contributed by atoms with Crippen LogP contribution >= 0.6 is 0 Å². The van der Waals surface area contributed by atoms with Crippen molar-refractivity contribution in [2.24, 2.45) is 5.92 Å². The van der Waals surface area contributed by atoms with E-state index in [1.807, 2.05) is 6.92 Å². The summed E-state index contributed by atoms with van der Waals surface area (Å²) in [6.45, 7) is 8.12. The molecule has 2 heterocycles. The number of hydrogen-bond acceptors (Lipinski definition) is 3. The van der Waals surface area contributed by atoms with E-state index in [9.17, 15) is 5.11 Å². The molecule has 0 spiro atoms. The van der Waals surface area contributed by atoms with Gasteiger partial charge in [0.15, 0.2) is 0 Å². The summed E-state index contributed by atoms with van der Waals surface area (Å²) in [4.78, 5) is 5.14. The topological polar surface area (TPSA) is 26.7 Å². The molecular weight excluding hydrogens is 260 g/mol. The first kappa shape index (κ1) is 14.9. The molecule has 0 radical (unpaired) electrons. The van der Waals surface area contributed by atoms with Crippen LogP contribution < -0.4 is 4.90 Å². The summed E-state index contributed by atoms with van der Waals surface area (Å²) in [5, 5.41) is 9.58. The molecule has 1 atom stereocenters. The van der Waals surface area contributed by atoms with E-state index in [0.717, 1.165) is 11.5 Å². The van der Waals surface area contributed by atoms with E-state index < -0.39 is 0 Å². The van der Waals surface area contributed by atoms with Crippen LogP contribution in [-0.2, 0) is 0 Å². The van der Waals surface area contributed by atoms with E-state index in [-0.39, 0.29) is 6.10 Å². The molecule has 0 aromatic heterocycles. The molecule has 2 fully saturated rings. The van der Waals surface area contributed by atoms with Crippen LogP contribution in [0.15, 0.2) is 24.3 Å². The zero-order valence-electron chi connectivity index (χ0n) is 13.2. The molecule has 3 nitrogen and oxygen atoms in total. The van der Waals surface area contributed by atoms with Gasteiger partial charge in [-0.05, 0) is 69.3 Å². The molecule has 0 saturated carbocycles. The molecule has 2 aliphatic heterocycles. The lowest BCUT2D eigenvalue weighted by molar-refractivity contribution is 0.199. The van der Waals surface area contributed by atoms with Gasteiger partial charge in [-0.25, -0.2) is 0 Å². The second-order valence-corrected chi connectivity index (χ2v) is 6.71. The number of hydrogen-bond donors (Lipinski definition) is 1. The minimum Gasteiger partial charge on any atom is -0.389 e. The maximum atomic E-state index is 9.58. The van der Waals surface area contributed by atoms with Crippen LogP contribution in [0.5, 0.6) is 0 Å². The van der Waals surface area contributed by atoms with Gasteiger partial charge in [0.25, 0.3) is 0 Å². The second-order valence-electron chi connectivity index (χ2n) is 6.71. The molecule has 0 unspecified atom stereocenters. The minimum atomic E-state index is -0.370. The number of aliphatic hydroxyl groups is 1. The SMILES string of the molecule is C[C@@H](O)c1ccc(N2CCC(CN3CCCC3)CC2)cc1. The Bertz CT molecular complexity index is 429. The van der Waals surface area contributed by atoms with Crippen molar-refractivity contribution in [1.29, 1.82) is 0 Å². The Kier molecular flexibility index (Phi) is 4.81. The maximum Gasteiger partial charge on any atom is 0.0761 e. The van der Waals surface area contributed by atoms with Gasteiger partial charge >= 0.3 is 0 Å². The molecular formula is C18H28N2O. The Balaban J connectivity index is 1.50. The van der Waals surface area contributed by atoms with E-state index in [4.69, 9.17) is 0 Å². The summed E-state index contributed by atoms with van der Waals surface area (Å²) in [6.07, 6.45) is 5.05. The number of anilines is 1. The molecule has 1 N–H and O–H groups in total. The van der Waals surface area contributed by atoms with Crippen LogP contribution in [0.3, 0.4) is 0 Å². The Morgan fingerprint density at radius 3 is 2.24 bits per heavy atom. The third-order valence-electron chi connectivity index (χ3n) is 5.07. The molecule has 3 heteroatoms. The van der Waals surface area contributed by atoms with Gasteiger partial charge in [0, 0.05) is 25.3 Å². The molecule has 1 aromatic rings. The average molecular weight is 288 g/mol. The Morgan fingerprint density at radius 1 is 1.05 bits per heavy atom. The van der Waals surface area contributed by atoms with E-state index in [0.29, 0.717) is 0 Å². The van der Waals surface area contributed by atoms with Crippen LogP contribution in [0.25, 0.3) is 0 Å². The van der Waals surface area contributed by atoms with Crippen molar-refractivity contribution in [3.05, 3.63) is 29.8 Å². The maximum absolute atomic E-state index is 9.58. The molecule has 2 saturated heterocycles. The first-order valence-corrected chi connectivity index (χ1v) is 8.48. The van der Waals surface area contributed by atoms with Crippen molar-refractivity contribution in [2.75, 3.05) is 37.6 Å². The lowest BCUT2D eigenvalue weighted by Gasteiger charge is -2.35. The fourth-order valence-electron chi connectivity index (χ4n) is 3.67. The predicted octanol–water partition coefficient (Wildman–Crippen LogP) is 3.05. The van der Waals surface area contributed by atoms with Crippen molar-refractivity contribution in [2.45, 2.75) is 38.7 Å². The third-order valence-corrected chi connectivity index (χ3v) is 5.07. The fraction of sp³-hybridized carbons (Fsp3) is 0.667. The van der Waals surface area contributed by atoms with Gasteiger partial charge < -0.3 is 14.9 Å². The van der Waals surface area contributed by atoms with Crippen molar-refractivity contribution >= 4 is 5.69 Å². The highest BCUT2D eigenvalue weighted by molar-refractivity contribution is 5.48. The van der Waals surface area contributed by atoms with Gasteiger partial charge in [-0.3, -0.25) is 0 Å². The van der Waals surface area contributed by atoms with E-state index in [1.54, 1.807) is 0 Å². The van der Waals surface area contributed by atoms with Gasteiger partial charge in [0.05, 0.1) is 6.10 Å². The summed E-state index contributed by atoms with van der Waals surface area (Å²) in [6, 6.07) is 8.42. The van der Waals surface area contributed by atoms with Gasteiger partial charge in [0.2, 0.25) is 0 Å². The first-order valence-electron chi connectivity index (χ1n) is 8.48. The monoisotopic (exact) mass is 288 g/mol. The lowest BCUT2D eigenvalue weighted by Crippen LogP contribution is -2.38. The highest BCUT2D eigenvalue weighted by Gasteiger charge is 2.22. The van der Waals surface area contributed by atoms with Crippen molar-refractivity contribution in [3.8, 4) is 0 Å². The number of rotatable bonds is 4. The van der Waals surface area contributed by atoms with E-state index in [2.05, 4.69) is 34.1 Å². The van der Waals surface area contributed by atoms with Gasteiger partial charge in [0.1, 0.15) is 0 Å². The summed E-state index contributed by atoms with van der Waals surface area (Å²) in [5.74, 6) is 0.885. The minimum absolute atomic E-state index is 0.370. The molecule has 0 bridgehead atoms. The summed E-state index contributed by atoms with van der Waals surface area (Å²) >= 11 is 0. The number of benzene rings is 1. The van der Waals surface area contributed by atoms with Crippen LogP contribution in [-0.4, -0.2) is 42.7 Å². The highest BCUT2D eigenvalue weighted by atomic mass is 16.3. The highest BCUT2D eigenvalue weighted by Crippen LogP contribution is 2.26. The summed E-state index contributed by atoms with van der Waals surface area (Å²) < 4.78 is 0. The van der Waals surface area contributed by atoms with Crippen LogP contribution in [0.4, 0.5) is 5.69 Å². The largest absolute Gasteiger partial charge is 0.389 e. The normalized spacial score (nSPS) is 22.7. The molecule has 2 aliphatic rings. The Labute approximate surface area is 128 Å². The van der Waals surface area contributed by atoms with Crippen LogP contribution in [0.1, 0.15) is 44.3 Å². The Hall–Kier alpha value is -1.06. The molecule has 116 valence electrons. The first-order chi connectivity index (χ1) is 10.2. The molecule has 21 heavy (non-hydrogen) atoms. The smallest absolute Gasteiger partial charge is 0.0761 e. The van der Waals surface area contributed by atoms with Crippen molar-refractivity contribution < 1.29 is 5.11 Å². The number of nitrogens with zero attached hydrogens (tertiary/aromatic N) is 2. The van der Waals surface area contributed by atoms with Gasteiger partial charge in [-0.2, -0.15) is 0 Å². The van der Waals surface area contributed by atoms with E-state index in [1.165, 1.54) is 64.1 Å². The fourth-order valence-corrected chi connectivity index (χ4v) is 3.67. The third kappa shape index (κ3) is 3.78. The second kappa shape index (κ2) is 6.80. The summed E-state index contributed by atoms with van der Waals surface area (Å²) in [7, 11) is 0. The number of aliphatic hydroxyl groups excluding tert-OH is 1. The van der Waals surface area contributed by atoms with Gasteiger partial charge in [-0.15, -0.1) is 0 Å². The average Bonchev–Trinajstić information content (AvgIpc) is 3.01. The molecule has 0 aliphatic carbocycles. The molecule has 1 aromatic carbocycles. The Morgan fingerprint density at radius 2 is 1.67 bits per heavy atom. The van der Waals surface area contributed by atoms with Crippen LogP contribution in [0, 0.1) is 5.92 Å². The standard InChI is InChI=1S/C18H28N2O/c1-15(21)17-4-6-18(7-5-17)20-12-8-16(9-13-20)14-19-10-2-3-11-19/h4-7,15-16,21H,2-3,8-14H2,1H3/t15-/m1/s1. The van der Waals surface area contributed by atoms with Crippen LogP contribution in [0.2, 0.25) is 0 Å². The predicted molar refractivity (Wildman–Crippen MR) is 87.7 cm³/mol. The lowest BCUT2D eigenvalue weighted by atomic mass is 9.95. The quantitative estimate of drug-likeness (QED) is 0.922. The van der Waals surface area contributed by atoms with Gasteiger partial charge in [-0.1, -0.05) is 12.1 Å². The zero-order valence-corrected chi connectivity index (χ0v) is 13.2. The molecule has 3 rings (SSSR count). The van der Waals surface area contributed by atoms with E-state index >= 15 is 0 Å². The van der Waals surface area contributed by atoms with Crippen molar-refractivity contribution in [1.82, 2.24) is 4.90 Å². The van der Waals surface area contributed by atoms with Crippen molar-refractivity contribution in [3.63, 3.8) is 0 Å². The molecule has 0 amide bonds.